The van der Waals surface area contributed by atoms with Gasteiger partial charge in [-0.1, -0.05) is 30.3 Å². The molecule has 4 heterocycles. The van der Waals surface area contributed by atoms with Gasteiger partial charge in [0.1, 0.15) is 11.5 Å². The van der Waals surface area contributed by atoms with E-state index in [1.165, 1.54) is 0 Å². The average molecular weight is 507 g/mol. The van der Waals surface area contributed by atoms with Crippen molar-refractivity contribution in [3.63, 3.8) is 0 Å². The number of hydrogen-bond donors (Lipinski definition) is 2. The molecule has 0 bridgehead atoms. The van der Waals surface area contributed by atoms with Crippen molar-refractivity contribution in [3.8, 4) is 0 Å². The van der Waals surface area contributed by atoms with Crippen molar-refractivity contribution in [3.05, 3.63) is 90.0 Å². The molecule has 1 saturated heterocycles. The van der Waals surface area contributed by atoms with E-state index >= 15 is 0 Å². The van der Waals surface area contributed by atoms with Crippen LogP contribution < -0.4 is 0 Å². The van der Waals surface area contributed by atoms with Gasteiger partial charge in [0.25, 0.3) is 0 Å². The fourth-order valence-electron chi connectivity index (χ4n) is 5.48. The van der Waals surface area contributed by atoms with E-state index in [1.807, 2.05) is 54.7 Å². The molecule has 1 fully saturated rings. The Kier molecular flexibility index (Phi) is 6.79. The van der Waals surface area contributed by atoms with E-state index in [4.69, 9.17) is 0 Å². The van der Waals surface area contributed by atoms with Crippen molar-refractivity contribution in [2.75, 3.05) is 13.1 Å². The van der Waals surface area contributed by atoms with Crippen LogP contribution in [0.4, 0.5) is 0 Å². The largest absolute Gasteiger partial charge is 0.347 e. The fourth-order valence-corrected chi connectivity index (χ4v) is 5.48. The van der Waals surface area contributed by atoms with Crippen LogP contribution >= 0.6 is 0 Å². The zero-order chi connectivity index (χ0) is 25.9. The summed E-state index contributed by atoms with van der Waals surface area (Å²) < 4.78 is 0. The first-order valence-corrected chi connectivity index (χ1v) is 13.2. The number of nitrogens with one attached hydrogen (secondary N) is 2. The Morgan fingerprint density at radius 3 is 2.79 bits per heavy atom. The molecule has 1 unspecified atom stereocenters. The molecule has 0 saturated carbocycles. The summed E-state index contributed by atoms with van der Waals surface area (Å²) in [6.45, 7) is 2.94. The van der Waals surface area contributed by atoms with Gasteiger partial charge in [-0.15, -0.1) is 0 Å². The van der Waals surface area contributed by atoms with Crippen molar-refractivity contribution in [1.82, 2.24) is 29.8 Å². The van der Waals surface area contributed by atoms with Crippen LogP contribution in [0.25, 0.3) is 21.8 Å². The molecule has 0 aliphatic carbocycles. The number of aromatic amines is 2. The number of carbonyl (C=O) groups excluding carboxylic acids is 2. The number of pyridine rings is 1. The maximum Gasteiger partial charge on any atom is 0.188 e. The fraction of sp³-hybridized carbons (Fsp3) is 0.300. The first-order chi connectivity index (χ1) is 18.6. The predicted molar refractivity (Wildman–Crippen MR) is 146 cm³/mol. The minimum atomic E-state index is -0.111. The molecule has 1 aliphatic rings. The first-order valence-electron chi connectivity index (χ1n) is 13.2. The first kappa shape index (κ1) is 24.2. The van der Waals surface area contributed by atoms with Crippen LogP contribution in [-0.2, 0) is 13.0 Å². The van der Waals surface area contributed by atoms with Crippen LogP contribution in [0.1, 0.15) is 58.0 Å². The number of benzene rings is 2. The van der Waals surface area contributed by atoms with Gasteiger partial charge in [0.05, 0.1) is 23.8 Å². The Morgan fingerprint density at radius 1 is 1.03 bits per heavy atom. The van der Waals surface area contributed by atoms with E-state index in [-0.39, 0.29) is 18.0 Å². The summed E-state index contributed by atoms with van der Waals surface area (Å²) in [6, 6.07) is 15.3. The molecular formula is C30H30N6O2. The third-order valence-electron chi connectivity index (χ3n) is 7.44. The Labute approximate surface area is 220 Å². The van der Waals surface area contributed by atoms with Crippen LogP contribution in [0, 0.1) is 5.92 Å². The van der Waals surface area contributed by atoms with Crippen LogP contribution in [0.15, 0.2) is 67.3 Å². The molecule has 1 aliphatic heterocycles. The molecule has 0 radical (unpaired) electrons. The number of hydrogen-bond acceptors (Lipinski definition) is 6. The number of rotatable bonds is 9. The van der Waals surface area contributed by atoms with Crippen molar-refractivity contribution in [2.24, 2.45) is 5.92 Å². The van der Waals surface area contributed by atoms with E-state index < -0.39 is 0 Å². The van der Waals surface area contributed by atoms with Gasteiger partial charge in [0, 0.05) is 48.5 Å². The summed E-state index contributed by atoms with van der Waals surface area (Å²) in [7, 11) is 0. The number of carbonyl (C=O) groups is 2. The number of Topliss-reactive ketones (excluding diaryl/α,β-unsaturated/α-hetero) is 2. The molecular weight excluding hydrogens is 476 g/mol. The molecule has 8 heteroatoms. The molecule has 38 heavy (non-hydrogen) atoms. The van der Waals surface area contributed by atoms with Crippen LogP contribution in [0.3, 0.4) is 0 Å². The van der Waals surface area contributed by atoms with Gasteiger partial charge in [-0.25, -0.2) is 9.97 Å². The molecule has 5 aromatic rings. The molecule has 8 nitrogen and oxygen atoms in total. The molecule has 1 atom stereocenters. The highest BCUT2D eigenvalue weighted by Crippen LogP contribution is 2.25. The van der Waals surface area contributed by atoms with Gasteiger partial charge >= 0.3 is 0 Å². The Balaban J connectivity index is 1.11. The maximum atomic E-state index is 13.3. The summed E-state index contributed by atoms with van der Waals surface area (Å²) >= 11 is 0. The number of aromatic nitrogens is 5. The topological polar surface area (TPSA) is 108 Å². The molecule has 3 aromatic heterocycles. The van der Waals surface area contributed by atoms with Gasteiger partial charge in [-0.2, -0.15) is 0 Å². The third-order valence-corrected chi connectivity index (χ3v) is 7.44. The van der Waals surface area contributed by atoms with E-state index in [1.54, 1.807) is 12.5 Å². The highest BCUT2D eigenvalue weighted by atomic mass is 16.1. The number of nitrogens with zero attached hydrogens (tertiary/aromatic N) is 4. The quantitative estimate of drug-likeness (QED) is 0.268. The summed E-state index contributed by atoms with van der Waals surface area (Å²) in [5.74, 6) is 1.03. The van der Waals surface area contributed by atoms with Crippen molar-refractivity contribution in [1.29, 1.82) is 0 Å². The number of ketones is 2. The second kappa shape index (κ2) is 10.7. The standard InChI is InChI=1S/C30H30N6O2/c37-27(11-10-20-5-4-12-36(17-20)18-23-16-31-19-33-23)24-8-3-9-25-30(24)35-29(34-25)14-28(38)26-13-21-6-1-2-7-22(21)15-32-26/h1-3,6-9,13,15-16,19-20H,4-5,10-12,14,17-18H2,(H,31,33)(H,34,35). The number of fused-ring (bicyclic) bond motifs is 2. The molecule has 192 valence electrons. The van der Waals surface area contributed by atoms with E-state index in [0.717, 1.165) is 60.9 Å². The Bertz CT molecular complexity index is 1590. The monoisotopic (exact) mass is 506 g/mol. The van der Waals surface area contributed by atoms with Crippen molar-refractivity contribution in [2.45, 2.75) is 38.6 Å². The smallest absolute Gasteiger partial charge is 0.188 e. The highest BCUT2D eigenvalue weighted by molar-refractivity contribution is 6.06. The van der Waals surface area contributed by atoms with E-state index in [9.17, 15) is 9.59 Å². The SMILES string of the molecule is O=C(Cc1nc2c(C(=O)CCC3CCCN(Cc4cnc[nH]4)C3)cccc2[nH]1)c1cc2ccccc2cn1. The minimum absolute atomic E-state index is 0.0989. The second-order valence-corrected chi connectivity index (χ2v) is 10.2. The van der Waals surface area contributed by atoms with Crippen molar-refractivity contribution < 1.29 is 9.59 Å². The van der Waals surface area contributed by atoms with Crippen LogP contribution in [-0.4, -0.2) is 54.5 Å². The second-order valence-electron chi connectivity index (χ2n) is 10.2. The highest BCUT2D eigenvalue weighted by Gasteiger charge is 2.22. The molecule has 2 N–H and O–H groups in total. The van der Waals surface area contributed by atoms with Gasteiger partial charge < -0.3 is 9.97 Å². The van der Waals surface area contributed by atoms with Gasteiger partial charge in [-0.05, 0) is 55.3 Å². The summed E-state index contributed by atoms with van der Waals surface area (Å²) in [4.78, 5) is 48.2. The Hall–Kier alpha value is -4.17. The zero-order valence-electron chi connectivity index (χ0n) is 21.2. The summed E-state index contributed by atoms with van der Waals surface area (Å²) in [5, 5.41) is 1.97. The Morgan fingerprint density at radius 2 is 1.92 bits per heavy atom. The van der Waals surface area contributed by atoms with Gasteiger partial charge in [0.2, 0.25) is 0 Å². The summed E-state index contributed by atoms with van der Waals surface area (Å²) in [5.41, 5.74) is 3.56. The number of para-hydroxylation sites is 1. The predicted octanol–water partition coefficient (Wildman–Crippen LogP) is 5.13. The lowest BCUT2D eigenvalue weighted by Gasteiger charge is -2.32. The third kappa shape index (κ3) is 5.26. The normalized spacial score (nSPS) is 16.3. The number of imidazole rings is 2. The number of H-pyrrole nitrogens is 2. The zero-order valence-corrected chi connectivity index (χ0v) is 21.2. The van der Waals surface area contributed by atoms with Crippen molar-refractivity contribution >= 4 is 33.4 Å². The van der Waals surface area contributed by atoms with Gasteiger partial charge in [0.15, 0.2) is 11.6 Å². The molecule has 0 spiro atoms. The van der Waals surface area contributed by atoms with Crippen LogP contribution in [0.5, 0.6) is 0 Å². The van der Waals surface area contributed by atoms with E-state index in [0.29, 0.717) is 34.9 Å². The minimum Gasteiger partial charge on any atom is -0.347 e. The number of piperidine rings is 1. The molecule has 2 aromatic carbocycles. The van der Waals surface area contributed by atoms with E-state index in [2.05, 4.69) is 29.8 Å². The van der Waals surface area contributed by atoms with Crippen LogP contribution in [0.2, 0.25) is 0 Å². The lowest BCUT2D eigenvalue weighted by Crippen LogP contribution is -2.35. The summed E-state index contributed by atoms with van der Waals surface area (Å²) in [6.07, 6.45) is 9.05. The average Bonchev–Trinajstić information content (AvgIpc) is 3.61. The maximum absolute atomic E-state index is 13.3. The lowest BCUT2D eigenvalue weighted by atomic mass is 9.91. The molecule has 6 rings (SSSR count). The lowest BCUT2D eigenvalue weighted by molar-refractivity contribution is 0.0956. The van der Waals surface area contributed by atoms with Gasteiger partial charge in [-0.3, -0.25) is 19.5 Å². The number of likely N-dealkylation sites (tertiary alicyclic amines) is 1. The molecule has 0 amide bonds.